The quantitative estimate of drug-likeness (QED) is 0.0204. The predicted octanol–water partition coefficient (Wildman–Crippen LogP) is 19.4. The second kappa shape index (κ2) is 67.6. The molecule has 0 bridgehead atoms. The molecule has 14 heteroatoms. The lowest BCUT2D eigenvalue weighted by Crippen LogP contribution is -2.65. The van der Waals surface area contributed by atoms with Crippen LogP contribution in [0.25, 0.3) is 0 Å². The van der Waals surface area contributed by atoms with Gasteiger partial charge in [0.05, 0.1) is 32.0 Å². The SMILES string of the molecule is CCCCCCCCCCCCCCCCCC/C=C/CC/C=C/C(O)C(COC1OC(CO)C(OC2OC(CO)C(O)C(O)C2O)C(O)C1O)NC(=O)CCCCCCCCCCCCCCCCCCCCCCCCCCCCCCCCCCCCCCCCCCC. The number of ether oxygens (including phenoxy) is 4. The van der Waals surface area contributed by atoms with Gasteiger partial charge in [0.15, 0.2) is 12.6 Å². The van der Waals surface area contributed by atoms with Crippen LogP contribution in [0.4, 0.5) is 0 Å². The first-order chi connectivity index (χ1) is 47.6. The number of aliphatic hydroxyl groups is 8. The molecule has 0 saturated carbocycles. The minimum Gasteiger partial charge on any atom is -0.394 e. The Morgan fingerprint density at radius 1 is 0.361 bits per heavy atom. The highest BCUT2D eigenvalue weighted by molar-refractivity contribution is 5.76. The number of allylic oxidation sites excluding steroid dienone is 3. The first-order valence-electron chi connectivity index (χ1n) is 42.1. The number of hydrogen-bond acceptors (Lipinski definition) is 13. The largest absolute Gasteiger partial charge is 0.394 e. The van der Waals surface area contributed by atoms with Crippen LogP contribution in [0.2, 0.25) is 0 Å². The Bertz CT molecular complexity index is 1720. The van der Waals surface area contributed by atoms with Crippen molar-refractivity contribution in [2.24, 2.45) is 0 Å². The molecule has 12 unspecified atom stereocenters. The maximum atomic E-state index is 13.4. The average Bonchev–Trinajstić information content (AvgIpc) is 0.793. The highest BCUT2D eigenvalue weighted by Crippen LogP contribution is 2.30. The molecule has 2 fully saturated rings. The van der Waals surface area contributed by atoms with E-state index in [0.29, 0.717) is 12.8 Å². The molecular formula is C83H159NO13. The van der Waals surface area contributed by atoms with Gasteiger partial charge in [-0.25, -0.2) is 0 Å². The standard InChI is InChI=1S/C83H159NO13/c1-3-5-7-9-11-13-15-17-19-21-23-25-27-28-29-30-31-32-33-34-35-36-37-38-39-40-41-42-43-44-45-47-49-51-53-55-57-59-61-63-65-67-75(88)84-71(70-94-82-80(93)78(91)81(74(69-86)96-82)97-83-79(92)77(90)76(89)73(68-85)95-83)72(87)66-64-62-60-58-56-54-52-50-48-46-26-24-22-20-18-16-14-12-10-8-6-4-2/h56,58,64,66,71-74,76-83,85-87,89-93H,3-55,57,59-63,65,67-70H2,1-2H3,(H,84,88)/b58-56+,66-64+. The van der Waals surface area contributed by atoms with Gasteiger partial charge in [0.1, 0.15) is 48.8 Å². The first kappa shape index (κ1) is 91.6. The van der Waals surface area contributed by atoms with Gasteiger partial charge in [-0.05, 0) is 32.1 Å². The molecule has 2 aliphatic rings. The summed E-state index contributed by atoms with van der Waals surface area (Å²) in [5, 5.41) is 87.6. The molecule has 1 amide bonds. The van der Waals surface area contributed by atoms with Crippen LogP contribution < -0.4 is 5.32 Å². The van der Waals surface area contributed by atoms with E-state index in [1.165, 1.54) is 340 Å². The van der Waals surface area contributed by atoms with Crippen molar-refractivity contribution in [3.8, 4) is 0 Å². The Balaban J connectivity index is 1.55. The summed E-state index contributed by atoms with van der Waals surface area (Å²) >= 11 is 0. The Kier molecular flexibility index (Phi) is 63.8. The van der Waals surface area contributed by atoms with Crippen LogP contribution in [0.3, 0.4) is 0 Å². The number of hydrogen-bond donors (Lipinski definition) is 9. The molecule has 0 radical (unpaired) electrons. The van der Waals surface area contributed by atoms with E-state index in [9.17, 15) is 45.6 Å². The molecule has 0 aromatic carbocycles. The molecule has 2 aliphatic heterocycles. The number of aliphatic hydroxyl groups excluding tert-OH is 8. The second-order valence-corrected chi connectivity index (χ2v) is 30.0. The Morgan fingerprint density at radius 2 is 0.660 bits per heavy atom. The van der Waals surface area contributed by atoms with Crippen molar-refractivity contribution in [3.63, 3.8) is 0 Å². The van der Waals surface area contributed by atoms with Crippen molar-refractivity contribution in [2.45, 2.75) is 479 Å². The summed E-state index contributed by atoms with van der Waals surface area (Å²) < 4.78 is 22.9. The molecule has 0 spiro atoms. The van der Waals surface area contributed by atoms with E-state index in [2.05, 4.69) is 31.3 Å². The van der Waals surface area contributed by atoms with Gasteiger partial charge in [-0.1, -0.05) is 391 Å². The molecule has 2 saturated heterocycles. The fourth-order valence-electron chi connectivity index (χ4n) is 14.3. The predicted molar refractivity (Wildman–Crippen MR) is 402 cm³/mol. The normalized spacial score (nSPS) is 22.2. The van der Waals surface area contributed by atoms with Gasteiger partial charge in [-0.15, -0.1) is 0 Å². The fourth-order valence-corrected chi connectivity index (χ4v) is 14.3. The molecule has 0 aromatic rings. The smallest absolute Gasteiger partial charge is 0.220 e. The molecule has 2 rings (SSSR count). The number of unbranched alkanes of at least 4 members (excludes halogenated alkanes) is 57. The van der Waals surface area contributed by atoms with E-state index < -0.39 is 86.8 Å². The summed E-state index contributed by atoms with van der Waals surface area (Å²) in [4.78, 5) is 13.4. The van der Waals surface area contributed by atoms with E-state index in [0.717, 1.165) is 32.1 Å². The lowest BCUT2D eigenvalue weighted by molar-refractivity contribution is -0.359. The molecule has 14 nitrogen and oxygen atoms in total. The van der Waals surface area contributed by atoms with Gasteiger partial charge in [0, 0.05) is 6.42 Å². The minimum atomic E-state index is -1.79. The molecule has 2 heterocycles. The number of carbonyl (C=O) groups excluding carboxylic acids is 1. The molecular weight excluding hydrogens is 1220 g/mol. The van der Waals surface area contributed by atoms with Crippen molar-refractivity contribution in [2.75, 3.05) is 19.8 Å². The van der Waals surface area contributed by atoms with Crippen molar-refractivity contribution in [3.05, 3.63) is 24.3 Å². The van der Waals surface area contributed by atoms with E-state index in [-0.39, 0.29) is 18.9 Å². The molecule has 97 heavy (non-hydrogen) atoms. The summed E-state index contributed by atoms with van der Waals surface area (Å²) in [7, 11) is 0. The zero-order valence-corrected chi connectivity index (χ0v) is 63.1. The van der Waals surface area contributed by atoms with Gasteiger partial charge in [-0.3, -0.25) is 4.79 Å². The monoisotopic (exact) mass is 1380 g/mol. The van der Waals surface area contributed by atoms with Crippen LogP contribution in [-0.4, -0.2) is 140 Å². The molecule has 9 N–H and O–H groups in total. The van der Waals surface area contributed by atoms with E-state index in [1.807, 2.05) is 6.08 Å². The fraction of sp³-hybridized carbons (Fsp3) is 0.940. The average molecular weight is 1380 g/mol. The molecule has 0 aromatic heterocycles. The Morgan fingerprint density at radius 3 is 1.01 bits per heavy atom. The second-order valence-electron chi connectivity index (χ2n) is 30.0. The summed E-state index contributed by atoms with van der Waals surface area (Å²) in [6.07, 6.45) is 71.6. The Labute approximate surface area is 596 Å². The van der Waals surface area contributed by atoms with E-state index in [1.54, 1.807) is 6.08 Å². The first-order valence-corrected chi connectivity index (χ1v) is 42.1. The zero-order chi connectivity index (χ0) is 70.1. The third-order valence-electron chi connectivity index (χ3n) is 20.9. The minimum absolute atomic E-state index is 0.240. The topological polar surface area (TPSA) is 228 Å². The van der Waals surface area contributed by atoms with Crippen molar-refractivity contribution >= 4 is 5.91 Å². The lowest BCUT2D eigenvalue weighted by atomic mass is 9.97. The van der Waals surface area contributed by atoms with Crippen LogP contribution in [0.5, 0.6) is 0 Å². The maximum absolute atomic E-state index is 13.4. The van der Waals surface area contributed by atoms with Crippen LogP contribution in [0, 0.1) is 0 Å². The van der Waals surface area contributed by atoms with Gasteiger partial charge in [-0.2, -0.15) is 0 Å². The van der Waals surface area contributed by atoms with Crippen LogP contribution >= 0.6 is 0 Å². The Hall–Kier alpha value is -1.53. The number of rotatable bonds is 72. The summed E-state index contributed by atoms with van der Waals surface area (Å²) in [6.45, 7) is 2.85. The van der Waals surface area contributed by atoms with Crippen LogP contribution in [-0.2, 0) is 23.7 Å². The molecule has 0 aliphatic carbocycles. The number of amides is 1. The van der Waals surface area contributed by atoms with Crippen molar-refractivity contribution in [1.82, 2.24) is 5.32 Å². The third kappa shape index (κ3) is 50.5. The van der Waals surface area contributed by atoms with Crippen molar-refractivity contribution < 1.29 is 64.6 Å². The maximum Gasteiger partial charge on any atom is 0.220 e. The van der Waals surface area contributed by atoms with Gasteiger partial charge < -0.3 is 65.1 Å². The van der Waals surface area contributed by atoms with Crippen LogP contribution in [0.15, 0.2) is 24.3 Å². The molecule has 574 valence electrons. The zero-order valence-electron chi connectivity index (χ0n) is 63.1. The lowest BCUT2D eigenvalue weighted by Gasteiger charge is -2.46. The summed E-state index contributed by atoms with van der Waals surface area (Å²) in [5.74, 6) is -0.240. The van der Waals surface area contributed by atoms with Gasteiger partial charge in [0.25, 0.3) is 0 Å². The molecule has 12 atom stereocenters. The number of nitrogens with one attached hydrogen (secondary N) is 1. The van der Waals surface area contributed by atoms with Crippen LogP contribution in [0.1, 0.15) is 406 Å². The highest BCUT2D eigenvalue weighted by atomic mass is 16.7. The summed E-state index contributed by atoms with van der Waals surface area (Å²) in [6, 6.07) is -0.930. The van der Waals surface area contributed by atoms with E-state index in [4.69, 9.17) is 18.9 Å². The van der Waals surface area contributed by atoms with E-state index >= 15 is 0 Å². The summed E-state index contributed by atoms with van der Waals surface area (Å²) in [5.41, 5.74) is 0. The highest BCUT2D eigenvalue weighted by Gasteiger charge is 2.51. The van der Waals surface area contributed by atoms with Gasteiger partial charge in [0.2, 0.25) is 5.91 Å². The van der Waals surface area contributed by atoms with Gasteiger partial charge >= 0.3 is 0 Å². The third-order valence-corrected chi connectivity index (χ3v) is 20.9. The number of carbonyl (C=O) groups is 1. The van der Waals surface area contributed by atoms with Crippen molar-refractivity contribution in [1.29, 1.82) is 0 Å².